The van der Waals surface area contributed by atoms with Gasteiger partial charge in [0, 0.05) is 24.2 Å². The molecule has 3 aromatic heterocycles. The van der Waals surface area contributed by atoms with Crippen LogP contribution in [-0.4, -0.2) is 30.1 Å². The standard InChI is InChI=1S/C29H32N6O2/c1-20(2)27(28-31-32-33-35(28)14-13-22-8-5-4-6-9-22)34(19-25-10-7-15-37-25)18-24-17-23-12-11-21(3)16-26(23)30-29(24)36/h4-12,15-17,20,27H,13-14,18-19H2,1-3H3,(H,30,36)/t27-/m1/s1. The van der Waals surface area contributed by atoms with E-state index in [-0.39, 0.29) is 17.5 Å². The Kier molecular flexibility index (Phi) is 7.28. The highest BCUT2D eigenvalue weighted by molar-refractivity contribution is 5.79. The van der Waals surface area contributed by atoms with Gasteiger partial charge in [-0.05, 0) is 70.5 Å². The van der Waals surface area contributed by atoms with Gasteiger partial charge in [0.2, 0.25) is 0 Å². The summed E-state index contributed by atoms with van der Waals surface area (Å²) >= 11 is 0. The minimum atomic E-state index is -0.135. The Morgan fingerprint density at radius 3 is 2.62 bits per heavy atom. The second-order valence-corrected chi connectivity index (χ2v) is 9.88. The van der Waals surface area contributed by atoms with E-state index < -0.39 is 0 Å². The number of furan rings is 1. The lowest BCUT2D eigenvalue weighted by Gasteiger charge is -2.33. The van der Waals surface area contributed by atoms with Crippen molar-refractivity contribution in [3.63, 3.8) is 0 Å². The number of aryl methyl sites for hydroxylation is 3. The third kappa shape index (κ3) is 5.70. The first-order valence-corrected chi connectivity index (χ1v) is 12.7. The summed E-state index contributed by atoms with van der Waals surface area (Å²) in [6.07, 6.45) is 2.50. The molecule has 0 radical (unpaired) electrons. The molecule has 8 nitrogen and oxygen atoms in total. The number of nitrogens with one attached hydrogen (secondary N) is 1. The summed E-state index contributed by atoms with van der Waals surface area (Å²) < 4.78 is 7.60. The van der Waals surface area contributed by atoms with E-state index in [1.807, 2.05) is 60.1 Å². The highest BCUT2D eigenvalue weighted by Crippen LogP contribution is 2.30. The van der Waals surface area contributed by atoms with Crippen LogP contribution in [0, 0.1) is 12.8 Å². The van der Waals surface area contributed by atoms with Gasteiger partial charge in [-0.25, -0.2) is 4.68 Å². The number of rotatable bonds is 10. The molecule has 8 heteroatoms. The van der Waals surface area contributed by atoms with Gasteiger partial charge < -0.3 is 9.40 Å². The van der Waals surface area contributed by atoms with Crippen LogP contribution in [0.4, 0.5) is 0 Å². The average molecular weight is 497 g/mol. The van der Waals surface area contributed by atoms with Gasteiger partial charge in [-0.2, -0.15) is 0 Å². The van der Waals surface area contributed by atoms with Crippen molar-refractivity contribution < 1.29 is 4.42 Å². The molecule has 5 aromatic rings. The molecule has 0 aliphatic heterocycles. The summed E-state index contributed by atoms with van der Waals surface area (Å²) in [6, 6.07) is 22.1. The Balaban J connectivity index is 1.49. The number of fused-ring (bicyclic) bond motifs is 1. The number of aromatic amines is 1. The molecule has 190 valence electrons. The zero-order valence-corrected chi connectivity index (χ0v) is 21.5. The van der Waals surface area contributed by atoms with Gasteiger partial charge in [0.15, 0.2) is 5.82 Å². The van der Waals surface area contributed by atoms with Crippen LogP contribution in [-0.2, 0) is 26.1 Å². The van der Waals surface area contributed by atoms with Crippen molar-refractivity contribution in [2.45, 2.75) is 52.9 Å². The van der Waals surface area contributed by atoms with Crippen molar-refractivity contribution in [3.8, 4) is 0 Å². The van der Waals surface area contributed by atoms with Crippen molar-refractivity contribution in [2.24, 2.45) is 5.92 Å². The summed E-state index contributed by atoms with van der Waals surface area (Å²) in [7, 11) is 0. The zero-order chi connectivity index (χ0) is 25.8. The normalized spacial score (nSPS) is 12.6. The van der Waals surface area contributed by atoms with E-state index in [4.69, 9.17) is 4.42 Å². The van der Waals surface area contributed by atoms with Crippen LogP contribution < -0.4 is 5.56 Å². The third-order valence-corrected chi connectivity index (χ3v) is 6.69. The fourth-order valence-electron chi connectivity index (χ4n) is 4.90. The molecule has 37 heavy (non-hydrogen) atoms. The smallest absolute Gasteiger partial charge is 0.252 e. The molecule has 0 aliphatic rings. The molecule has 0 unspecified atom stereocenters. The first-order chi connectivity index (χ1) is 18.0. The maximum absolute atomic E-state index is 13.1. The molecule has 1 N–H and O–H groups in total. The third-order valence-electron chi connectivity index (χ3n) is 6.69. The predicted molar refractivity (Wildman–Crippen MR) is 143 cm³/mol. The van der Waals surface area contributed by atoms with Gasteiger partial charge in [-0.1, -0.05) is 56.3 Å². The topological polar surface area (TPSA) is 92.8 Å². The van der Waals surface area contributed by atoms with Crippen LogP contribution in [0.5, 0.6) is 0 Å². The number of pyridine rings is 1. The van der Waals surface area contributed by atoms with Crippen molar-refractivity contribution in [3.05, 3.63) is 112 Å². The first kappa shape index (κ1) is 24.6. The van der Waals surface area contributed by atoms with Crippen LogP contribution in [0.2, 0.25) is 0 Å². The van der Waals surface area contributed by atoms with Gasteiger partial charge in [-0.3, -0.25) is 9.69 Å². The number of benzene rings is 2. The Morgan fingerprint density at radius 2 is 1.86 bits per heavy atom. The van der Waals surface area contributed by atoms with E-state index in [1.54, 1.807) is 6.26 Å². The van der Waals surface area contributed by atoms with Crippen molar-refractivity contribution in [1.29, 1.82) is 0 Å². The van der Waals surface area contributed by atoms with E-state index in [0.717, 1.165) is 34.5 Å². The van der Waals surface area contributed by atoms with Crippen molar-refractivity contribution in [1.82, 2.24) is 30.1 Å². The van der Waals surface area contributed by atoms with Gasteiger partial charge in [0.1, 0.15) is 5.76 Å². The van der Waals surface area contributed by atoms with E-state index in [2.05, 4.69) is 57.5 Å². The van der Waals surface area contributed by atoms with E-state index in [1.165, 1.54) is 5.56 Å². The van der Waals surface area contributed by atoms with Gasteiger partial charge in [0.05, 0.1) is 18.8 Å². The minimum absolute atomic E-state index is 0.0891. The monoisotopic (exact) mass is 496 g/mol. The lowest BCUT2D eigenvalue weighted by Crippen LogP contribution is -2.35. The second-order valence-electron chi connectivity index (χ2n) is 9.88. The summed E-state index contributed by atoms with van der Waals surface area (Å²) in [6.45, 7) is 7.94. The maximum atomic E-state index is 13.1. The van der Waals surface area contributed by atoms with Crippen LogP contribution in [0.25, 0.3) is 10.9 Å². The van der Waals surface area contributed by atoms with Crippen LogP contribution >= 0.6 is 0 Å². The lowest BCUT2D eigenvalue weighted by atomic mass is 10.00. The number of H-pyrrole nitrogens is 1. The van der Waals surface area contributed by atoms with Crippen molar-refractivity contribution in [2.75, 3.05) is 0 Å². The van der Waals surface area contributed by atoms with Gasteiger partial charge in [0.25, 0.3) is 5.56 Å². The fourth-order valence-corrected chi connectivity index (χ4v) is 4.90. The molecule has 0 saturated heterocycles. The molecule has 0 saturated carbocycles. The number of aromatic nitrogens is 5. The Bertz CT molecular complexity index is 1500. The largest absolute Gasteiger partial charge is 0.468 e. The number of hydrogen-bond acceptors (Lipinski definition) is 6. The summed E-state index contributed by atoms with van der Waals surface area (Å²) in [4.78, 5) is 18.4. The molecule has 0 aliphatic carbocycles. The van der Waals surface area contributed by atoms with E-state index in [9.17, 15) is 4.79 Å². The molecular formula is C29H32N6O2. The van der Waals surface area contributed by atoms with Crippen LogP contribution in [0.3, 0.4) is 0 Å². The van der Waals surface area contributed by atoms with Gasteiger partial charge >= 0.3 is 0 Å². The molecule has 5 rings (SSSR count). The molecule has 0 amide bonds. The number of hydrogen-bond donors (Lipinski definition) is 1. The molecule has 2 aromatic carbocycles. The van der Waals surface area contributed by atoms with Crippen molar-refractivity contribution >= 4 is 10.9 Å². The van der Waals surface area contributed by atoms with E-state index >= 15 is 0 Å². The van der Waals surface area contributed by atoms with Crippen LogP contribution in [0.1, 0.15) is 48.2 Å². The second kappa shape index (κ2) is 10.9. The summed E-state index contributed by atoms with van der Waals surface area (Å²) in [5.74, 6) is 1.78. The minimum Gasteiger partial charge on any atom is -0.468 e. The highest BCUT2D eigenvalue weighted by Gasteiger charge is 2.30. The highest BCUT2D eigenvalue weighted by atomic mass is 16.3. The average Bonchev–Trinajstić information content (AvgIpc) is 3.56. The Labute approximate surface area is 215 Å². The fraction of sp³-hybridized carbons (Fsp3) is 0.310. The maximum Gasteiger partial charge on any atom is 0.252 e. The number of nitrogens with zero attached hydrogens (tertiary/aromatic N) is 5. The van der Waals surface area contributed by atoms with Crippen LogP contribution in [0.15, 0.2) is 82.2 Å². The van der Waals surface area contributed by atoms with Gasteiger partial charge in [-0.15, -0.1) is 5.10 Å². The Morgan fingerprint density at radius 1 is 1.03 bits per heavy atom. The number of tetrazole rings is 1. The SMILES string of the molecule is Cc1ccc2cc(CN(Cc3ccco3)[C@@H](c3nnnn3CCc3ccccc3)C(C)C)c(=O)[nH]c2c1. The quantitative estimate of drug-likeness (QED) is 0.291. The summed E-state index contributed by atoms with van der Waals surface area (Å²) in [5.41, 5.74) is 3.79. The molecule has 1 atom stereocenters. The molecule has 0 spiro atoms. The Hall–Kier alpha value is -4.04. The first-order valence-electron chi connectivity index (χ1n) is 12.7. The zero-order valence-electron chi connectivity index (χ0n) is 21.5. The van der Waals surface area contributed by atoms with E-state index in [0.29, 0.717) is 25.2 Å². The molecule has 0 fully saturated rings. The molecular weight excluding hydrogens is 464 g/mol. The predicted octanol–water partition coefficient (Wildman–Crippen LogP) is 5.06. The lowest BCUT2D eigenvalue weighted by molar-refractivity contribution is 0.116. The molecule has 3 heterocycles. The molecule has 0 bridgehead atoms. The summed E-state index contributed by atoms with van der Waals surface area (Å²) in [5, 5.41) is 13.8.